The predicted molar refractivity (Wildman–Crippen MR) is 142 cm³/mol. The third-order valence-electron chi connectivity index (χ3n) is 6.14. The number of fused-ring (bicyclic) bond motifs is 1. The summed E-state index contributed by atoms with van der Waals surface area (Å²) in [6.45, 7) is 5.88. The fourth-order valence-corrected chi connectivity index (χ4v) is 5.24. The van der Waals surface area contributed by atoms with Crippen LogP contribution in [0.4, 0.5) is 0 Å². The van der Waals surface area contributed by atoms with Crippen LogP contribution in [0.5, 0.6) is 0 Å². The van der Waals surface area contributed by atoms with Crippen LogP contribution in [0.25, 0.3) is 22.3 Å². The first-order valence-electron chi connectivity index (χ1n) is 12.1. The van der Waals surface area contributed by atoms with E-state index in [4.69, 9.17) is 0 Å². The van der Waals surface area contributed by atoms with E-state index < -0.39 is 10.0 Å². The minimum absolute atomic E-state index is 0.158. The molecular weight excluding hydrogens is 478 g/mol. The largest absolute Gasteiger partial charge is 0.349 e. The van der Waals surface area contributed by atoms with E-state index in [0.717, 1.165) is 13.0 Å². The minimum Gasteiger partial charge on any atom is -0.349 e. The fourth-order valence-electron chi connectivity index (χ4n) is 4.20. The Balaban J connectivity index is 1.42. The second-order valence-electron chi connectivity index (χ2n) is 8.43. The van der Waals surface area contributed by atoms with Crippen LogP contribution in [0.2, 0.25) is 0 Å². The molecule has 0 unspecified atom stereocenters. The van der Waals surface area contributed by atoms with Crippen LogP contribution in [0, 0.1) is 0 Å². The molecule has 2 heterocycles. The van der Waals surface area contributed by atoms with Crippen molar-refractivity contribution in [1.29, 1.82) is 0 Å². The fraction of sp³-hybridized carbons (Fsp3) is 0.308. The smallest absolute Gasteiger partial charge is 0.331 e. The summed E-state index contributed by atoms with van der Waals surface area (Å²) in [6, 6.07) is 18.3. The zero-order valence-corrected chi connectivity index (χ0v) is 21.3. The Bertz CT molecular complexity index is 1550. The third kappa shape index (κ3) is 5.35. The molecule has 10 heteroatoms. The van der Waals surface area contributed by atoms with Crippen molar-refractivity contribution in [3.8, 4) is 11.3 Å². The molecule has 2 aromatic carbocycles. The first-order chi connectivity index (χ1) is 17.4. The van der Waals surface area contributed by atoms with Gasteiger partial charge in [-0.1, -0.05) is 42.5 Å². The summed E-state index contributed by atoms with van der Waals surface area (Å²) in [7, 11) is -3.65. The van der Waals surface area contributed by atoms with E-state index in [1.807, 2.05) is 25.1 Å². The van der Waals surface area contributed by atoms with Crippen molar-refractivity contribution >= 4 is 21.1 Å². The van der Waals surface area contributed by atoms with Crippen molar-refractivity contribution in [2.45, 2.75) is 38.3 Å². The van der Waals surface area contributed by atoms with E-state index in [9.17, 15) is 18.0 Å². The molecule has 0 amide bonds. The summed E-state index contributed by atoms with van der Waals surface area (Å²) in [5, 5.41) is 3.24. The molecule has 0 spiro atoms. The lowest BCUT2D eigenvalue weighted by atomic mass is 10.1. The zero-order valence-electron chi connectivity index (χ0n) is 20.5. The van der Waals surface area contributed by atoms with Gasteiger partial charge in [-0.2, -0.15) is 0 Å². The molecule has 2 aromatic heterocycles. The summed E-state index contributed by atoms with van der Waals surface area (Å²) in [5.74, 6) is 0. The molecular formula is C26H31N5O4S. The normalized spacial score (nSPS) is 11.8. The Morgan fingerprint density at radius 2 is 1.56 bits per heavy atom. The average molecular weight is 510 g/mol. The van der Waals surface area contributed by atoms with Crippen molar-refractivity contribution in [3.05, 3.63) is 87.1 Å². The maximum absolute atomic E-state index is 12.7. The number of hydrogen-bond donors (Lipinski definition) is 3. The molecule has 0 aliphatic carbocycles. The molecule has 0 saturated heterocycles. The second-order valence-corrected chi connectivity index (χ2v) is 10.2. The number of hydrogen-bond acceptors (Lipinski definition) is 5. The van der Waals surface area contributed by atoms with Crippen LogP contribution in [-0.4, -0.2) is 42.2 Å². The number of nitrogens with one attached hydrogen (secondary N) is 3. The highest BCUT2D eigenvalue weighted by Gasteiger charge is 2.17. The summed E-state index contributed by atoms with van der Waals surface area (Å²) in [4.78, 5) is 28.6. The summed E-state index contributed by atoms with van der Waals surface area (Å²) in [6.07, 6.45) is 0.878. The maximum atomic E-state index is 12.7. The highest BCUT2D eigenvalue weighted by molar-refractivity contribution is 7.89. The monoisotopic (exact) mass is 509 g/mol. The standard InChI is InChI=1S/C26H31N5O4S/c1-3-30-23-18-22(29-24(23)25(32)31(4-2)26(30)33)20-10-12-21(13-11-20)36(34,35)28-17-16-27-15-14-19-8-6-5-7-9-19/h5-13,18,27-29H,3-4,14-17H2,1-2H3. The Morgan fingerprint density at radius 3 is 2.22 bits per heavy atom. The number of sulfonamides is 1. The topological polar surface area (TPSA) is 118 Å². The van der Waals surface area contributed by atoms with Gasteiger partial charge in [0.15, 0.2) is 0 Å². The van der Waals surface area contributed by atoms with Crippen LogP contribution in [0.15, 0.2) is 75.1 Å². The number of aromatic amines is 1. The van der Waals surface area contributed by atoms with E-state index in [2.05, 4.69) is 27.2 Å². The number of rotatable bonds is 11. The van der Waals surface area contributed by atoms with E-state index in [-0.39, 0.29) is 29.2 Å². The average Bonchev–Trinajstić information content (AvgIpc) is 3.33. The van der Waals surface area contributed by atoms with Crippen LogP contribution in [-0.2, 0) is 29.5 Å². The van der Waals surface area contributed by atoms with Gasteiger partial charge in [-0.25, -0.2) is 17.9 Å². The van der Waals surface area contributed by atoms with E-state index >= 15 is 0 Å². The van der Waals surface area contributed by atoms with Gasteiger partial charge in [0.05, 0.1) is 10.4 Å². The minimum atomic E-state index is -3.65. The molecule has 36 heavy (non-hydrogen) atoms. The van der Waals surface area contributed by atoms with Crippen LogP contribution < -0.4 is 21.3 Å². The molecule has 0 bridgehead atoms. The van der Waals surface area contributed by atoms with Gasteiger partial charge in [-0.3, -0.25) is 13.9 Å². The quantitative estimate of drug-likeness (QED) is 0.268. The van der Waals surface area contributed by atoms with Crippen molar-refractivity contribution < 1.29 is 8.42 Å². The molecule has 190 valence electrons. The number of nitrogens with zero attached hydrogens (tertiary/aromatic N) is 2. The molecule has 0 saturated carbocycles. The first kappa shape index (κ1) is 25.6. The second kappa shape index (κ2) is 11.1. The predicted octanol–water partition coefficient (Wildman–Crippen LogP) is 2.31. The molecule has 4 aromatic rings. The van der Waals surface area contributed by atoms with Crippen molar-refractivity contribution in [2.24, 2.45) is 0 Å². The van der Waals surface area contributed by atoms with Gasteiger partial charge in [0.1, 0.15) is 5.52 Å². The van der Waals surface area contributed by atoms with Crippen molar-refractivity contribution in [3.63, 3.8) is 0 Å². The van der Waals surface area contributed by atoms with Gasteiger partial charge in [0, 0.05) is 31.9 Å². The number of aromatic nitrogens is 3. The van der Waals surface area contributed by atoms with Gasteiger partial charge in [-0.15, -0.1) is 0 Å². The molecule has 4 rings (SSSR count). The van der Waals surface area contributed by atoms with Crippen molar-refractivity contribution in [1.82, 2.24) is 24.2 Å². The number of aryl methyl sites for hydroxylation is 1. The number of H-pyrrole nitrogens is 1. The lowest BCUT2D eigenvalue weighted by molar-refractivity contribution is 0.576. The van der Waals surface area contributed by atoms with Crippen LogP contribution in [0.3, 0.4) is 0 Å². The molecule has 0 atom stereocenters. The van der Waals surface area contributed by atoms with Crippen molar-refractivity contribution in [2.75, 3.05) is 19.6 Å². The molecule has 0 aliphatic heterocycles. The maximum Gasteiger partial charge on any atom is 0.331 e. The summed E-state index contributed by atoms with van der Waals surface area (Å²) in [5.41, 5.74) is 2.76. The highest BCUT2D eigenvalue weighted by Crippen LogP contribution is 2.23. The number of benzene rings is 2. The van der Waals surface area contributed by atoms with Gasteiger partial charge in [0.25, 0.3) is 5.56 Å². The Labute approximate surface area is 209 Å². The third-order valence-corrected chi connectivity index (χ3v) is 7.62. The highest BCUT2D eigenvalue weighted by atomic mass is 32.2. The van der Waals surface area contributed by atoms with E-state index in [0.29, 0.717) is 35.4 Å². The Kier molecular flexibility index (Phi) is 7.88. The molecule has 3 N–H and O–H groups in total. The van der Waals surface area contributed by atoms with E-state index in [1.165, 1.54) is 22.3 Å². The lowest BCUT2D eigenvalue weighted by Crippen LogP contribution is -2.39. The van der Waals surface area contributed by atoms with Gasteiger partial charge in [-0.05, 0) is 56.1 Å². The summed E-state index contributed by atoms with van der Waals surface area (Å²) >= 11 is 0. The molecule has 0 radical (unpaired) electrons. The molecule has 9 nitrogen and oxygen atoms in total. The Morgan fingerprint density at radius 1 is 0.861 bits per heavy atom. The van der Waals surface area contributed by atoms with Gasteiger partial charge in [0.2, 0.25) is 10.0 Å². The summed E-state index contributed by atoms with van der Waals surface area (Å²) < 4.78 is 30.7. The lowest BCUT2D eigenvalue weighted by Gasteiger charge is -2.09. The van der Waals surface area contributed by atoms with Crippen LogP contribution in [0.1, 0.15) is 19.4 Å². The van der Waals surface area contributed by atoms with Gasteiger partial charge < -0.3 is 10.3 Å². The Hall–Kier alpha value is -3.47. The first-order valence-corrected chi connectivity index (χ1v) is 13.5. The zero-order chi connectivity index (χ0) is 25.7. The molecule has 0 fully saturated rings. The van der Waals surface area contributed by atoms with Crippen LogP contribution >= 0.6 is 0 Å². The molecule has 0 aliphatic rings. The van der Waals surface area contributed by atoms with Gasteiger partial charge >= 0.3 is 5.69 Å². The van der Waals surface area contributed by atoms with E-state index in [1.54, 1.807) is 29.7 Å². The SMILES string of the molecule is CCn1c(=O)c2[nH]c(-c3ccc(S(=O)(=O)NCCNCCc4ccccc4)cc3)cc2n(CC)c1=O.